The molecule has 6 heteroatoms. The van der Waals surface area contributed by atoms with Gasteiger partial charge in [-0.25, -0.2) is 9.97 Å². The van der Waals surface area contributed by atoms with Gasteiger partial charge in [0.15, 0.2) is 0 Å². The summed E-state index contributed by atoms with van der Waals surface area (Å²) in [4.78, 5) is 11.8. The molecule has 0 saturated carbocycles. The summed E-state index contributed by atoms with van der Waals surface area (Å²) in [5, 5.41) is 0. The van der Waals surface area contributed by atoms with Crippen LogP contribution in [-0.4, -0.2) is 22.1 Å². The molecule has 0 atom stereocenters. The summed E-state index contributed by atoms with van der Waals surface area (Å²) in [6.45, 7) is 0. The largest absolute Gasteiger partial charge is 0.481 e. The van der Waals surface area contributed by atoms with Crippen LogP contribution < -0.4 is 16.2 Å². The molecule has 0 aliphatic carbocycles. The lowest BCUT2D eigenvalue weighted by atomic mass is 10.1. The molecular weight excluding hydrogens is 206 g/mol. The van der Waals surface area contributed by atoms with Gasteiger partial charge in [0.1, 0.15) is 5.82 Å². The first-order valence-corrected chi connectivity index (χ1v) is 4.59. The van der Waals surface area contributed by atoms with Crippen molar-refractivity contribution in [1.29, 1.82) is 0 Å². The van der Waals surface area contributed by atoms with E-state index in [1.807, 2.05) is 6.07 Å². The van der Waals surface area contributed by atoms with E-state index in [9.17, 15) is 0 Å². The first-order valence-electron chi connectivity index (χ1n) is 4.59. The van der Waals surface area contributed by atoms with Crippen molar-refractivity contribution in [1.82, 2.24) is 15.0 Å². The van der Waals surface area contributed by atoms with Gasteiger partial charge in [-0.1, -0.05) is 0 Å². The Morgan fingerprint density at radius 3 is 2.50 bits per heavy atom. The molecule has 82 valence electrons. The standard InChI is InChI=1S/C10H11N5O/c1-16-8-3-2-6(4-13-8)7-5-14-10(12)15-9(7)11/h2-5H,1H3,(H4,11,12,14,15). The first kappa shape index (κ1) is 10.2. The van der Waals surface area contributed by atoms with Gasteiger partial charge in [0.05, 0.1) is 7.11 Å². The highest BCUT2D eigenvalue weighted by atomic mass is 16.5. The predicted molar refractivity (Wildman–Crippen MR) is 60.6 cm³/mol. The fraction of sp³-hybridized carbons (Fsp3) is 0.100. The van der Waals surface area contributed by atoms with Crippen LogP contribution in [0.3, 0.4) is 0 Å². The Labute approximate surface area is 92.3 Å². The lowest BCUT2D eigenvalue weighted by molar-refractivity contribution is 0.398. The van der Waals surface area contributed by atoms with Gasteiger partial charge < -0.3 is 16.2 Å². The zero-order chi connectivity index (χ0) is 11.5. The molecular formula is C10H11N5O. The average Bonchev–Trinajstić information content (AvgIpc) is 2.29. The molecule has 0 unspecified atom stereocenters. The third-order valence-corrected chi connectivity index (χ3v) is 2.09. The topological polar surface area (TPSA) is 99.9 Å². The highest BCUT2D eigenvalue weighted by molar-refractivity contribution is 5.72. The number of rotatable bonds is 2. The van der Waals surface area contributed by atoms with Crippen molar-refractivity contribution in [2.45, 2.75) is 0 Å². The Hall–Kier alpha value is -2.37. The van der Waals surface area contributed by atoms with E-state index in [0.29, 0.717) is 17.3 Å². The maximum atomic E-state index is 5.73. The second-order valence-corrected chi connectivity index (χ2v) is 3.12. The number of pyridine rings is 1. The molecule has 2 rings (SSSR count). The summed E-state index contributed by atoms with van der Waals surface area (Å²) >= 11 is 0. The van der Waals surface area contributed by atoms with Crippen molar-refractivity contribution in [3.05, 3.63) is 24.5 Å². The van der Waals surface area contributed by atoms with Crippen LogP contribution in [0.25, 0.3) is 11.1 Å². The van der Waals surface area contributed by atoms with E-state index in [1.165, 1.54) is 0 Å². The second-order valence-electron chi connectivity index (χ2n) is 3.12. The van der Waals surface area contributed by atoms with E-state index in [2.05, 4.69) is 15.0 Å². The number of anilines is 2. The van der Waals surface area contributed by atoms with Gasteiger partial charge in [0.2, 0.25) is 11.8 Å². The molecule has 4 N–H and O–H groups in total. The third kappa shape index (κ3) is 1.85. The number of aromatic nitrogens is 3. The second kappa shape index (κ2) is 4.01. The number of methoxy groups -OCH3 is 1. The van der Waals surface area contributed by atoms with Crippen molar-refractivity contribution >= 4 is 11.8 Å². The summed E-state index contributed by atoms with van der Waals surface area (Å²) in [7, 11) is 1.56. The lowest BCUT2D eigenvalue weighted by Gasteiger charge is -2.05. The summed E-state index contributed by atoms with van der Waals surface area (Å²) < 4.78 is 4.96. The summed E-state index contributed by atoms with van der Waals surface area (Å²) in [5.41, 5.74) is 12.7. The Balaban J connectivity index is 2.42. The van der Waals surface area contributed by atoms with E-state index in [4.69, 9.17) is 16.2 Å². The van der Waals surface area contributed by atoms with Crippen molar-refractivity contribution in [3.8, 4) is 17.0 Å². The molecule has 0 aromatic carbocycles. The lowest BCUT2D eigenvalue weighted by Crippen LogP contribution is -2.01. The third-order valence-electron chi connectivity index (χ3n) is 2.09. The van der Waals surface area contributed by atoms with Crippen LogP contribution in [0.4, 0.5) is 11.8 Å². The minimum atomic E-state index is 0.155. The molecule has 2 heterocycles. The van der Waals surface area contributed by atoms with E-state index in [-0.39, 0.29) is 5.95 Å². The zero-order valence-electron chi connectivity index (χ0n) is 8.71. The highest BCUT2D eigenvalue weighted by Crippen LogP contribution is 2.24. The zero-order valence-corrected chi connectivity index (χ0v) is 8.71. The molecule has 0 spiro atoms. The number of nitrogen functional groups attached to an aromatic ring is 2. The minimum Gasteiger partial charge on any atom is -0.481 e. The molecule has 0 aliphatic rings. The Morgan fingerprint density at radius 1 is 1.12 bits per heavy atom. The van der Waals surface area contributed by atoms with Gasteiger partial charge in [-0.05, 0) is 6.07 Å². The molecule has 0 aliphatic heterocycles. The molecule has 0 bridgehead atoms. The number of nitrogens with zero attached hydrogens (tertiary/aromatic N) is 3. The minimum absolute atomic E-state index is 0.155. The predicted octanol–water partition coefficient (Wildman–Crippen LogP) is 0.712. The van der Waals surface area contributed by atoms with Crippen LogP contribution in [0.1, 0.15) is 0 Å². The highest BCUT2D eigenvalue weighted by Gasteiger charge is 2.05. The fourth-order valence-electron chi connectivity index (χ4n) is 1.29. The van der Waals surface area contributed by atoms with Crippen LogP contribution in [0, 0.1) is 0 Å². The van der Waals surface area contributed by atoms with Gasteiger partial charge in [0.25, 0.3) is 0 Å². The molecule has 0 amide bonds. The number of nitrogens with two attached hydrogens (primary N) is 2. The van der Waals surface area contributed by atoms with Crippen LogP contribution in [-0.2, 0) is 0 Å². The van der Waals surface area contributed by atoms with Crippen molar-refractivity contribution in [3.63, 3.8) is 0 Å². The van der Waals surface area contributed by atoms with E-state index >= 15 is 0 Å². The molecule has 2 aromatic heterocycles. The van der Waals surface area contributed by atoms with Crippen LogP contribution in [0.2, 0.25) is 0 Å². The number of hydrogen-bond acceptors (Lipinski definition) is 6. The maximum absolute atomic E-state index is 5.73. The average molecular weight is 217 g/mol. The molecule has 0 saturated heterocycles. The van der Waals surface area contributed by atoms with Gasteiger partial charge in [-0.3, -0.25) is 0 Å². The Kier molecular flexibility index (Phi) is 2.55. The van der Waals surface area contributed by atoms with Crippen LogP contribution in [0.15, 0.2) is 24.5 Å². The fourth-order valence-corrected chi connectivity index (χ4v) is 1.29. The summed E-state index contributed by atoms with van der Waals surface area (Å²) in [6.07, 6.45) is 3.21. The number of ether oxygens (including phenoxy) is 1. The van der Waals surface area contributed by atoms with Gasteiger partial charge >= 0.3 is 0 Å². The van der Waals surface area contributed by atoms with Gasteiger partial charge in [-0.15, -0.1) is 0 Å². The smallest absolute Gasteiger partial charge is 0.221 e. The summed E-state index contributed by atoms with van der Waals surface area (Å²) in [6, 6.07) is 3.57. The quantitative estimate of drug-likeness (QED) is 0.768. The molecule has 2 aromatic rings. The Bertz CT molecular complexity index is 497. The van der Waals surface area contributed by atoms with Crippen molar-refractivity contribution in [2.75, 3.05) is 18.6 Å². The van der Waals surface area contributed by atoms with E-state index in [0.717, 1.165) is 5.56 Å². The molecule has 0 fully saturated rings. The monoisotopic (exact) mass is 217 g/mol. The number of hydrogen-bond donors (Lipinski definition) is 2. The van der Waals surface area contributed by atoms with Crippen molar-refractivity contribution < 1.29 is 4.74 Å². The van der Waals surface area contributed by atoms with Crippen molar-refractivity contribution in [2.24, 2.45) is 0 Å². The summed E-state index contributed by atoms with van der Waals surface area (Å²) in [5.74, 6) is 1.03. The van der Waals surface area contributed by atoms with Crippen LogP contribution in [0.5, 0.6) is 5.88 Å². The molecule has 16 heavy (non-hydrogen) atoms. The maximum Gasteiger partial charge on any atom is 0.221 e. The van der Waals surface area contributed by atoms with Gasteiger partial charge in [0, 0.05) is 29.6 Å². The van der Waals surface area contributed by atoms with E-state index < -0.39 is 0 Å². The SMILES string of the molecule is COc1ccc(-c2cnc(N)nc2N)cn1. The molecule has 6 nitrogen and oxygen atoms in total. The van der Waals surface area contributed by atoms with E-state index in [1.54, 1.807) is 25.6 Å². The Morgan fingerprint density at radius 2 is 1.94 bits per heavy atom. The molecule has 0 radical (unpaired) electrons. The van der Waals surface area contributed by atoms with Gasteiger partial charge in [-0.2, -0.15) is 4.98 Å². The first-order chi connectivity index (χ1) is 7.70. The normalized spacial score (nSPS) is 10.1. The van der Waals surface area contributed by atoms with Crippen LogP contribution >= 0.6 is 0 Å².